The van der Waals surface area contributed by atoms with Crippen molar-refractivity contribution in [1.82, 2.24) is 5.32 Å². The van der Waals surface area contributed by atoms with E-state index in [9.17, 15) is 19.1 Å². The molecule has 0 heterocycles. The molecule has 2 atom stereocenters. The fourth-order valence-corrected chi connectivity index (χ4v) is 1.41. The van der Waals surface area contributed by atoms with E-state index in [1.165, 1.54) is 25.1 Å². The van der Waals surface area contributed by atoms with Gasteiger partial charge in [0.05, 0.1) is 11.7 Å². The molecular formula is C12H14FNO4. The number of carboxylic acids is 1. The number of hydrogen-bond acceptors (Lipinski definition) is 3. The van der Waals surface area contributed by atoms with Crippen molar-refractivity contribution in [2.45, 2.75) is 26.0 Å². The van der Waals surface area contributed by atoms with Crippen LogP contribution in [0.3, 0.4) is 0 Å². The number of benzene rings is 1. The van der Waals surface area contributed by atoms with Crippen LogP contribution in [0.2, 0.25) is 0 Å². The van der Waals surface area contributed by atoms with Gasteiger partial charge in [0.1, 0.15) is 5.82 Å². The predicted octanol–water partition coefficient (Wildman–Crippen LogP) is 0.698. The predicted molar refractivity (Wildman–Crippen MR) is 61.7 cm³/mol. The van der Waals surface area contributed by atoms with E-state index in [4.69, 9.17) is 5.11 Å². The maximum absolute atomic E-state index is 13.5. The molecule has 1 amide bonds. The van der Waals surface area contributed by atoms with Gasteiger partial charge in [-0.05, 0) is 31.5 Å². The van der Waals surface area contributed by atoms with Crippen molar-refractivity contribution in [2.24, 2.45) is 0 Å². The average Bonchev–Trinajstić information content (AvgIpc) is 2.24. The Kier molecular flexibility index (Phi) is 4.38. The van der Waals surface area contributed by atoms with E-state index in [0.29, 0.717) is 5.56 Å². The first-order valence-corrected chi connectivity index (χ1v) is 5.31. The molecular weight excluding hydrogens is 241 g/mol. The summed E-state index contributed by atoms with van der Waals surface area (Å²) in [4.78, 5) is 22.4. The summed E-state index contributed by atoms with van der Waals surface area (Å²) >= 11 is 0. The molecule has 18 heavy (non-hydrogen) atoms. The highest BCUT2D eigenvalue weighted by Crippen LogP contribution is 2.10. The number of halogens is 1. The molecule has 0 aliphatic heterocycles. The van der Waals surface area contributed by atoms with E-state index < -0.39 is 29.8 Å². The zero-order valence-corrected chi connectivity index (χ0v) is 9.98. The Morgan fingerprint density at radius 2 is 2.00 bits per heavy atom. The van der Waals surface area contributed by atoms with E-state index in [-0.39, 0.29) is 5.56 Å². The molecule has 0 bridgehead atoms. The zero-order chi connectivity index (χ0) is 13.9. The van der Waals surface area contributed by atoms with Crippen LogP contribution in [0.1, 0.15) is 22.8 Å². The van der Waals surface area contributed by atoms with Gasteiger partial charge >= 0.3 is 5.97 Å². The Morgan fingerprint density at radius 3 is 2.44 bits per heavy atom. The molecule has 3 N–H and O–H groups in total. The molecule has 1 rings (SSSR count). The monoisotopic (exact) mass is 255 g/mol. The van der Waals surface area contributed by atoms with Crippen LogP contribution in [0.25, 0.3) is 0 Å². The number of amides is 1. The SMILES string of the molecule is Cc1ccc(C(=O)NC(C(=O)O)C(C)O)c(F)c1. The quantitative estimate of drug-likeness (QED) is 0.739. The lowest BCUT2D eigenvalue weighted by Crippen LogP contribution is -2.47. The maximum atomic E-state index is 13.5. The number of carbonyl (C=O) groups excluding carboxylic acids is 1. The van der Waals surface area contributed by atoms with Crippen LogP contribution in [-0.2, 0) is 4.79 Å². The molecule has 0 aromatic heterocycles. The normalized spacial score (nSPS) is 13.8. The summed E-state index contributed by atoms with van der Waals surface area (Å²) in [5.74, 6) is -2.99. The van der Waals surface area contributed by atoms with Gasteiger partial charge in [-0.3, -0.25) is 4.79 Å². The van der Waals surface area contributed by atoms with Crippen molar-refractivity contribution in [3.63, 3.8) is 0 Å². The van der Waals surface area contributed by atoms with Crippen molar-refractivity contribution in [1.29, 1.82) is 0 Å². The second-order valence-electron chi connectivity index (χ2n) is 4.01. The van der Waals surface area contributed by atoms with Crippen molar-refractivity contribution >= 4 is 11.9 Å². The Labute approximate surface area is 103 Å². The van der Waals surface area contributed by atoms with Crippen LogP contribution in [-0.4, -0.2) is 34.2 Å². The molecule has 0 saturated carbocycles. The van der Waals surface area contributed by atoms with Crippen LogP contribution < -0.4 is 5.32 Å². The number of carbonyl (C=O) groups is 2. The molecule has 1 aromatic carbocycles. The lowest BCUT2D eigenvalue weighted by Gasteiger charge is -2.17. The standard InChI is InChI=1S/C12H14FNO4/c1-6-3-4-8(9(13)5-6)11(16)14-10(7(2)15)12(17)18/h3-5,7,10,15H,1-2H3,(H,14,16)(H,17,18). The first kappa shape index (κ1) is 14.1. The number of carboxylic acid groups (broad SMARTS) is 1. The van der Waals surface area contributed by atoms with E-state index in [0.717, 1.165) is 0 Å². The van der Waals surface area contributed by atoms with Crippen LogP contribution in [0, 0.1) is 12.7 Å². The van der Waals surface area contributed by atoms with Gasteiger partial charge in [-0.15, -0.1) is 0 Å². The Hall–Kier alpha value is -1.95. The number of aliphatic hydroxyl groups excluding tert-OH is 1. The Balaban J connectivity index is 2.91. The summed E-state index contributed by atoms with van der Waals surface area (Å²) in [5, 5.41) is 20.1. The maximum Gasteiger partial charge on any atom is 0.328 e. The van der Waals surface area contributed by atoms with Crippen molar-refractivity contribution in [3.8, 4) is 0 Å². The minimum absolute atomic E-state index is 0.257. The van der Waals surface area contributed by atoms with Crippen LogP contribution in [0.5, 0.6) is 0 Å². The molecule has 98 valence electrons. The van der Waals surface area contributed by atoms with Crippen molar-refractivity contribution < 1.29 is 24.2 Å². The van der Waals surface area contributed by atoms with E-state index in [1.54, 1.807) is 6.92 Å². The molecule has 0 saturated heterocycles. The third-order valence-corrected chi connectivity index (χ3v) is 2.40. The van der Waals surface area contributed by atoms with Gasteiger partial charge in [0, 0.05) is 0 Å². The molecule has 0 spiro atoms. The molecule has 0 aliphatic rings. The highest BCUT2D eigenvalue weighted by Gasteiger charge is 2.26. The highest BCUT2D eigenvalue weighted by molar-refractivity contribution is 5.97. The van der Waals surface area contributed by atoms with Gasteiger partial charge in [0.15, 0.2) is 6.04 Å². The van der Waals surface area contributed by atoms with E-state index in [2.05, 4.69) is 5.32 Å². The van der Waals surface area contributed by atoms with E-state index >= 15 is 0 Å². The lowest BCUT2D eigenvalue weighted by molar-refractivity contribution is -0.141. The van der Waals surface area contributed by atoms with Crippen molar-refractivity contribution in [3.05, 3.63) is 35.1 Å². The third-order valence-electron chi connectivity index (χ3n) is 2.40. The minimum atomic E-state index is -1.47. The topological polar surface area (TPSA) is 86.6 Å². The molecule has 0 fully saturated rings. The lowest BCUT2D eigenvalue weighted by atomic mass is 10.1. The summed E-state index contributed by atoms with van der Waals surface area (Å²) in [7, 11) is 0. The number of aliphatic hydroxyl groups is 1. The van der Waals surface area contributed by atoms with Crippen molar-refractivity contribution in [2.75, 3.05) is 0 Å². The first-order chi connectivity index (χ1) is 8.32. The zero-order valence-electron chi connectivity index (χ0n) is 9.98. The van der Waals surface area contributed by atoms with Crippen LogP contribution >= 0.6 is 0 Å². The van der Waals surface area contributed by atoms with Crippen LogP contribution in [0.15, 0.2) is 18.2 Å². The summed E-state index contributed by atoms with van der Waals surface area (Å²) in [6.45, 7) is 2.89. The van der Waals surface area contributed by atoms with Gasteiger partial charge in [-0.1, -0.05) is 6.07 Å². The smallest absolute Gasteiger partial charge is 0.328 e. The molecule has 1 aromatic rings. The fraction of sp³-hybridized carbons (Fsp3) is 0.333. The first-order valence-electron chi connectivity index (χ1n) is 5.31. The number of nitrogens with one attached hydrogen (secondary N) is 1. The van der Waals surface area contributed by atoms with Gasteiger partial charge in [-0.25, -0.2) is 9.18 Å². The highest BCUT2D eigenvalue weighted by atomic mass is 19.1. The van der Waals surface area contributed by atoms with Crippen LogP contribution in [0.4, 0.5) is 4.39 Å². The molecule has 2 unspecified atom stereocenters. The fourth-order valence-electron chi connectivity index (χ4n) is 1.41. The largest absolute Gasteiger partial charge is 0.480 e. The average molecular weight is 255 g/mol. The minimum Gasteiger partial charge on any atom is -0.480 e. The third kappa shape index (κ3) is 3.27. The second-order valence-corrected chi connectivity index (χ2v) is 4.01. The van der Waals surface area contributed by atoms with Gasteiger partial charge in [0.25, 0.3) is 5.91 Å². The number of rotatable bonds is 4. The Bertz CT molecular complexity index is 473. The molecule has 6 heteroatoms. The summed E-state index contributed by atoms with van der Waals surface area (Å²) in [6, 6.07) is 2.50. The van der Waals surface area contributed by atoms with Gasteiger partial charge in [-0.2, -0.15) is 0 Å². The molecule has 0 radical (unpaired) electrons. The second kappa shape index (κ2) is 5.59. The summed E-state index contributed by atoms with van der Waals surface area (Å²) < 4.78 is 13.5. The summed E-state index contributed by atoms with van der Waals surface area (Å²) in [6.07, 6.45) is -1.28. The van der Waals surface area contributed by atoms with E-state index in [1.807, 2.05) is 0 Å². The summed E-state index contributed by atoms with van der Waals surface area (Å²) in [5.41, 5.74) is 0.391. The Morgan fingerprint density at radius 1 is 1.39 bits per heavy atom. The van der Waals surface area contributed by atoms with Gasteiger partial charge in [0.2, 0.25) is 0 Å². The number of aliphatic carboxylic acids is 1. The van der Waals surface area contributed by atoms with Gasteiger partial charge < -0.3 is 15.5 Å². The molecule has 5 nitrogen and oxygen atoms in total. The number of aryl methyl sites for hydroxylation is 1. The molecule has 0 aliphatic carbocycles. The number of hydrogen-bond donors (Lipinski definition) is 3.